The highest BCUT2D eigenvalue weighted by Gasteiger charge is 2.12. The number of halogens is 2. The summed E-state index contributed by atoms with van der Waals surface area (Å²) in [6.45, 7) is -0.466. The zero-order chi connectivity index (χ0) is 22.3. The molecule has 0 aliphatic rings. The molecular formula is C20H25F2N3O4S. The molecule has 0 radical (unpaired) electrons. The number of nitrogens with one attached hydrogen (secondary N) is 2. The van der Waals surface area contributed by atoms with Crippen LogP contribution in [0.25, 0.3) is 0 Å². The average molecular weight is 442 g/mol. The van der Waals surface area contributed by atoms with Gasteiger partial charge in [0.1, 0.15) is 0 Å². The molecule has 0 unspecified atom stereocenters. The molecule has 10 heteroatoms. The molecule has 164 valence electrons. The van der Waals surface area contributed by atoms with E-state index in [2.05, 4.69) is 20.4 Å². The number of sulfone groups is 1. The monoisotopic (exact) mass is 441 g/mol. The summed E-state index contributed by atoms with van der Waals surface area (Å²) < 4.78 is 58.1. The van der Waals surface area contributed by atoms with E-state index in [9.17, 15) is 17.2 Å². The lowest BCUT2D eigenvalue weighted by Crippen LogP contribution is -2.36. The van der Waals surface area contributed by atoms with Gasteiger partial charge in [-0.2, -0.15) is 8.78 Å². The number of ether oxygens (including phenoxy) is 2. The van der Waals surface area contributed by atoms with Gasteiger partial charge in [0, 0.05) is 26.4 Å². The Balaban J connectivity index is 1.99. The molecule has 0 bridgehead atoms. The van der Waals surface area contributed by atoms with Crippen molar-refractivity contribution in [3.63, 3.8) is 0 Å². The molecule has 0 saturated heterocycles. The predicted octanol–water partition coefficient (Wildman–Crippen LogP) is 2.87. The molecule has 0 fully saturated rings. The van der Waals surface area contributed by atoms with Crippen molar-refractivity contribution in [2.24, 2.45) is 4.99 Å². The number of aryl methyl sites for hydroxylation is 1. The van der Waals surface area contributed by atoms with E-state index in [1.165, 1.54) is 19.4 Å². The third-order valence-corrected chi connectivity index (χ3v) is 5.48. The highest BCUT2D eigenvalue weighted by molar-refractivity contribution is 7.90. The van der Waals surface area contributed by atoms with Gasteiger partial charge < -0.3 is 20.1 Å². The van der Waals surface area contributed by atoms with E-state index in [1.54, 1.807) is 44.3 Å². The van der Waals surface area contributed by atoms with Gasteiger partial charge in [0.2, 0.25) is 0 Å². The second kappa shape index (κ2) is 10.2. The molecule has 30 heavy (non-hydrogen) atoms. The SMILES string of the molecule is CN=C(NCc1ccc(S(C)(=O)=O)c(C)c1)NCc1ccc(OC)c(OC(F)F)c1. The Labute approximate surface area is 175 Å². The van der Waals surface area contributed by atoms with Crippen molar-refractivity contribution in [3.8, 4) is 11.5 Å². The fourth-order valence-corrected chi connectivity index (χ4v) is 3.81. The van der Waals surface area contributed by atoms with Crippen LogP contribution >= 0.6 is 0 Å². The molecule has 7 nitrogen and oxygen atoms in total. The maximum atomic E-state index is 12.6. The lowest BCUT2D eigenvalue weighted by atomic mass is 10.1. The Kier molecular flexibility index (Phi) is 7.99. The van der Waals surface area contributed by atoms with Crippen LogP contribution < -0.4 is 20.1 Å². The van der Waals surface area contributed by atoms with Crippen molar-refractivity contribution in [2.75, 3.05) is 20.4 Å². The van der Waals surface area contributed by atoms with Crippen LogP contribution in [0.2, 0.25) is 0 Å². The molecule has 2 aromatic carbocycles. The van der Waals surface area contributed by atoms with Crippen LogP contribution in [0.15, 0.2) is 46.3 Å². The van der Waals surface area contributed by atoms with E-state index < -0.39 is 16.4 Å². The lowest BCUT2D eigenvalue weighted by Gasteiger charge is -2.15. The number of aliphatic imine (C=N–C) groups is 1. The number of methoxy groups -OCH3 is 1. The van der Waals surface area contributed by atoms with E-state index in [0.29, 0.717) is 35.1 Å². The van der Waals surface area contributed by atoms with Crippen LogP contribution in [0, 0.1) is 6.92 Å². The molecule has 0 atom stereocenters. The van der Waals surface area contributed by atoms with Crippen LogP contribution in [0.4, 0.5) is 8.78 Å². The van der Waals surface area contributed by atoms with E-state index in [0.717, 1.165) is 5.56 Å². The van der Waals surface area contributed by atoms with Crippen LogP contribution in [-0.2, 0) is 22.9 Å². The largest absolute Gasteiger partial charge is 0.493 e. The number of guanidine groups is 1. The molecular weight excluding hydrogens is 416 g/mol. The zero-order valence-corrected chi connectivity index (χ0v) is 18.0. The number of benzene rings is 2. The highest BCUT2D eigenvalue weighted by Crippen LogP contribution is 2.29. The van der Waals surface area contributed by atoms with Gasteiger partial charge in [-0.25, -0.2) is 8.42 Å². The summed E-state index contributed by atoms with van der Waals surface area (Å²) in [6, 6.07) is 9.87. The van der Waals surface area contributed by atoms with Gasteiger partial charge in [-0.3, -0.25) is 4.99 Å². The summed E-state index contributed by atoms with van der Waals surface area (Å²) in [7, 11) is -0.284. The van der Waals surface area contributed by atoms with Crippen molar-refractivity contribution in [1.29, 1.82) is 0 Å². The lowest BCUT2D eigenvalue weighted by molar-refractivity contribution is -0.0512. The minimum Gasteiger partial charge on any atom is -0.493 e. The number of nitrogens with zero attached hydrogens (tertiary/aromatic N) is 1. The van der Waals surface area contributed by atoms with Gasteiger partial charge >= 0.3 is 6.61 Å². The number of hydrogen-bond acceptors (Lipinski definition) is 5. The standard InChI is InChI=1S/C20H25F2N3O4S/c1-13-9-14(6-8-18(13)30(4,26)27)11-24-20(23-2)25-12-15-5-7-16(28-3)17(10-15)29-19(21)22/h5-10,19H,11-12H2,1-4H3,(H2,23,24,25). The Morgan fingerprint density at radius 1 is 1.07 bits per heavy atom. The van der Waals surface area contributed by atoms with Gasteiger partial charge in [0.05, 0.1) is 12.0 Å². The molecule has 2 N–H and O–H groups in total. The van der Waals surface area contributed by atoms with Crippen LogP contribution in [-0.4, -0.2) is 41.4 Å². The summed E-state index contributed by atoms with van der Waals surface area (Å²) in [6.07, 6.45) is 1.18. The minimum absolute atomic E-state index is 0.0452. The molecule has 2 aromatic rings. The second-order valence-electron chi connectivity index (χ2n) is 6.52. The van der Waals surface area contributed by atoms with E-state index in [4.69, 9.17) is 4.74 Å². The minimum atomic E-state index is -3.26. The molecule has 0 aliphatic carbocycles. The summed E-state index contributed by atoms with van der Waals surface area (Å²) >= 11 is 0. The Morgan fingerprint density at radius 3 is 2.17 bits per heavy atom. The molecule has 0 amide bonds. The van der Waals surface area contributed by atoms with Gasteiger partial charge in [0.15, 0.2) is 27.3 Å². The van der Waals surface area contributed by atoms with Crippen LogP contribution in [0.3, 0.4) is 0 Å². The third-order valence-electron chi connectivity index (χ3n) is 4.23. The third kappa shape index (κ3) is 6.58. The molecule has 2 rings (SSSR count). The maximum Gasteiger partial charge on any atom is 0.387 e. The molecule has 0 aliphatic heterocycles. The number of alkyl halides is 2. The normalized spacial score (nSPS) is 12.0. The summed E-state index contributed by atoms with van der Waals surface area (Å²) in [4.78, 5) is 4.43. The predicted molar refractivity (Wildman–Crippen MR) is 111 cm³/mol. The Morgan fingerprint density at radius 2 is 1.67 bits per heavy atom. The van der Waals surface area contributed by atoms with Crippen molar-refractivity contribution >= 4 is 15.8 Å². The summed E-state index contributed by atoms with van der Waals surface area (Å²) in [5, 5.41) is 6.21. The van der Waals surface area contributed by atoms with Crippen molar-refractivity contribution < 1.29 is 26.7 Å². The first-order valence-corrected chi connectivity index (χ1v) is 10.9. The summed E-state index contributed by atoms with van der Waals surface area (Å²) in [5.74, 6) is 0.664. The van der Waals surface area contributed by atoms with E-state index >= 15 is 0 Å². The van der Waals surface area contributed by atoms with Crippen LogP contribution in [0.1, 0.15) is 16.7 Å². The highest BCUT2D eigenvalue weighted by atomic mass is 32.2. The summed E-state index contributed by atoms with van der Waals surface area (Å²) in [5.41, 5.74) is 2.26. The average Bonchev–Trinajstić information content (AvgIpc) is 2.67. The van der Waals surface area contributed by atoms with Crippen molar-refractivity contribution in [3.05, 3.63) is 53.1 Å². The molecule has 0 aromatic heterocycles. The van der Waals surface area contributed by atoms with Gasteiger partial charge in [-0.05, 0) is 41.8 Å². The molecule has 0 heterocycles. The quantitative estimate of drug-likeness (QED) is 0.484. The molecule has 0 saturated carbocycles. The topological polar surface area (TPSA) is 89.0 Å². The number of hydrogen-bond donors (Lipinski definition) is 2. The first kappa shape index (κ1) is 23.4. The number of rotatable bonds is 8. The van der Waals surface area contributed by atoms with Crippen molar-refractivity contribution in [2.45, 2.75) is 31.5 Å². The molecule has 0 spiro atoms. The van der Waals surface area contributed by atoms with Gasteiger partial charge in [-0.15, -0.1) is 0 Å². The smallest absolute Gasteiger partial charge is 0.387 e. The first-order valence-electron chi connectivity index (χ1n) is 9.00. The van der Waals surface area contributed by atoms with E-state index in [1.807, 2.05) is 0 Å². The Bertz CT molecular complexity index is 1010. The van der Waals surface area contributed by atoms with Crippen LogP contribution in [0.5, 0.6) is 11.5 Å². The Hall–Kier alpha value is -2.88. The first-order chi connectivity index (χ1) is 14.1. The van der Waals surface area contributed by atoms with E-state index in [-0.39, 0.29) is 11.5 Å². The maximum absolute atomic E-state index is 12.6. The second-order valence-corrected chi connectivity index (χ2v) is 8.50. The van der Waals surface area contributed by atoms with Gasteiger partial charge in [0.25, 0.3) is 0 Å². The van der Waals surface area contributed by atoms with Crippen molar-refractivity contribution in [1.82, 2.24) is 10.6 Å². The zero-order valence-electron chi connectivity index (χ0n) is 17.2. The fraction of sp³-hybridized carbons (Fsp3) is 0.350. The van der Waals surface area contributed by atoms with Gasteiger partial charge in [-0.1, -0.05) is 18.2 Å². The fourth-order valence-electron chi connectivity index (χ4n) is 2.85.